The maximum atomic E-state index is 13.7. The maximum absolute atomic E-state index is 13.7. The SMILES string of the molecule is CCCCCN(C)c1cc(F)c(C(=O)O)cc1[N+](=O)[O-]. The van der Waals surface area contributed by atoms with Crippen LogP contribution in [-0.4, -0.2) is 29.6 Å². The molecule has 6 nitrogen and oxygen atoms in total. The topological polar surface area (TPSA) is 83.7 Å². The van der Waals surface area contributed by atoms with E-state index in [1.807, 2.05) is 6.92 Å². The first-order valence-electron chi connectivity index (χ1n) is 6.30. The van der Waals surface area contributed by atoms with Crippen LogP contribution >= 0.6 is 0 Å². The molecule has 0 aliphatic carbocycles. The van der Waals surface area contributed by atoms with Crippen molar-refractivity contribution < 1.29 is 19.2 Å². The van der Waals surface area contributed by atoms with E-state index in [0.29, 0.717) is 6.54 Å². The summed E-state index contributed by atoms with van der Waals surface area (Å²) in [6.07, 6.45) is 2.79. The maximum Gasteiger partial charge on any atom is 0.338 e. The molecule has 20 heavy (non-hydrogen) atoms. The van der Waals surface area contributed by atoms with Gasteiger partial charge in [-0.15, -0.1) is 0 Å². The van der Waals surface area contributed by atoms with Gasteiger partial charge < -0.3 is 10.0 Å². The first-order valence-corrected chi connectivity index (χ1v) is 6.30. The van der Waals surface area contributed by atoms with Crippen molar-refractivity contribution in [3.8, 4) is 0 Å². The molecule has 0 amide bonds. The number of carboxylic acids is 1. The van der Waals surface area contributed by atoms with Crippen molar-refractivity contribution >= 4 is 17.3 Å². The van der Waals surface area contributed by atoms with E-state index in [1.165, 1.54) is 0 Å². The van der Waals surface area contributed by atoms with Gasteiger partial charge in [-0.1, -0.05) is 19.8 Å². The summed E-state index contributed by atoms with van der Waals surface area (Å²) in [6, 6.07) is 1.68. The fraction of sp³-hybridized carbons (Fsp3) is 0.462. The Labute approximate surface area is 116 Å². The molecule has 0 spiro atoms. The van der Waals surface area contributed by atoms with Crippen LogP contribution in [0.5, 0.6) is 0 Å². The van der Waals surface area contributed by atoms with E-state index < -0.39 is 28.0 Å². The molecule has 110 valence electrons. The molecule has 7 heteroatoms. The number of carbonyl (C=O) groups is 1. The van der Waals surface area contributed by atoms with Crippen LogP contribution in [0.1, 0.15) is 36.5 Å². The number of nitro groups is 1. The molecule has 0 unspecified atom stereocenters. The third-order valence-corrected chi connectivity index (χ3v) is 3.00. The third kappa shape index (κ3) is 3.66. The van der Waals surface area contributed by atoms with Crippen LogP contribution < -0.4 is 4.90 Å². The van der Waals surface area contributed by atoms with Crippen LogP contribution in [0.2, 0.25) is 0 Å². The standard InChI is InChI=1S/C13H17FN2O4/c1-3-4-5-6-15(2)11-8-10(14)9(13(17)18)7-12(11)16(19)20/h7-8H,3-6H2,1-2H3,(H,17,18). The van der Waals surface area contributed by atoms with E-state index >= 15 is 0 Å². The Kier molecular flexibility index (Phi) is 5.42. The van der Waals surface area contributed by atoms with E-state index in [4.69, 9.17) is 5.11 Å². The van der Waals surface area contributed by atoms with Gasteiger partial charge in [-0.2, -0.15) is 0 Å². The predicted molar refractivity (Wildman–Crippen MR) is 72.8 cm³/mol. The molecular weight excluding hydrogens is 267 g/mol. The van der Waals surface area contributed by atoms with Crippen LogP contribution in [-0.2, 0) is 0 Å². The summed E-state index contributed by atoms with van der Waals surface area (Å²) < 4.78 is 13.7. The van der Waals surface area contributed by atoms with Gasteiger partial charge in [0.25, 0.3) is 5.69 Å². The fourth-order valence-corrected chi connectivity index (χ4v) is 1.89. The minimum atomic E-state index is -1.52. The lowest BCUT2D eigenvalue weighted by molar-refractivity contribution is -0.384. The second-order valence-electron chi connectivity index (χ2n) is 4.51. The van der Waals surface area contributed by atoms with Gasteiger partial charge in [0.15, 0.2) is 0 Å². The Balaban J connectivity index is 3.14. The summed E-state index contributed by atoms with van der Waals surface area (Å²) >= 11 is 0. The average molecular weight is 284 g/mol. The Hall–Kier alpha value is -2.18. The Morgan fingerprint density at radius 3 is 2.60 bits per heavy atom. The molecule has 0 aliphatic rings. The largest absolute Gasteiger partial charge is 0.478 e. The second-order valence-corrected chi connectivity index (χ2v) is 4.51. The van der Waals surface area contributed by atoms with Crippen LogP contribution in [0.3, 0.4) is 0 Å². The van der Waals surface area contributed by atoms with Gasteiger partial charge in [0.05, 0.1) is 4.92 Å². The van der Waals surface area contributed by atoms with E-state index in [1.54, 1.807) is 11.9 Å². The van der Waals surface area contributed by atoms with Gasteiger partial charge in [-0.3, -0.25) is 10.1 Å². The number of anilines is 1. The molecule has 1 aromatic carbocycles. The van der Waals surface area contributed by atoms with Gasteiger partial charge in [0, 0.05) is 25.7 Å². The lowest BCUT2D eigenvalue weighted by Crippen LogP contribution is -2.20. The van der Waals surface area contributed by atoms with E-state index in [0.717, 1.165) is 31.4 Å². The highest BCUT2D eigenvalue weighted by atomic mass is 19.1. The molecule has 0 aliphatic heterocycles. The van der Waals surface area contributed by atoms with Crippen molar-refractivity contribution in [1.29, 1.82) is 0 Å². The summed E-state index contributed by atoms with van der Waals surface area (Å²) in [5, 5.41) is 19.8. The first-order chi connectivity index (χ1) is 9.38. The molecule has 1 rings (SSSR count). The number of rotatable bonds is 7. The number of carboxylic acid groups (broad SMARTS) is 1. The Bertz CT molecular complexity index is 519. The predicted octanol–water partition coefficient (Wildman–Crippen LogP) is 3.06. The van der Waals surface area contributed by atoms with E-state index in [2.05, 4.69) is 0 Å². The number of unbranched alkanes of at least 4 members (excludes halogenated alkanes) is 2. The zero-order valence-corrected chi connectivity index (χ0v) is 11.4. The second kappa shape index (κ2) is 6.83. The molecule has 0 heterocycles. The number of hydrogen-bond donors (Lipinski definition) is 1. The van der Waals surface area contributed by atoms with Gasteiger partial charge in [-0.05, 0) is 6.42 Å². The van der Waals surface area contributed by atoms with Crippen LogP contribution in [0, 0.1) is 15.9 Å². The quantitative estimate of drug-likeness (QED) is 0.472. The van der Waals surface area contributed by atoms with E-state index in [9.17, 15) is 19.3 Å². The fourth-order valence-electron chi connectivity index (χ4n) is 1.89. The summed E-state index contributed by atoms with van der Waals surface area (Å²) in [6.45, 7) is 2.57. The lowest BCUT2D eigenvalue weighted by Gasteiger charge is -2.19. The number of halogens is 1. The molecule has 0 bridgehead atoms. The minimum Gasteiger partial charge on any atom is -0.478 e. The van der Waals surface area contributed by atoms with Crippen LogP contribution in [0.15, 0.2) is 12.1 Å². The number of nitrogens with zero attached hydrogens (tertiary/aromatic N) is 2. The van der Waals surface area contributed by atoms with Gasteiger partial charge in [0.1, 0.15) is 17.1 Å². The number of hydrogen-bond acceptors (Lipinski definition) is 4. The van der Waals surface area contributed by atoms with Crippen molar-refractivity contribution in [1.82, 2.24) is 0 Å². The van der Waals surface area contributed by atoms with Crippen molar-refractivity contribution in [3.63, 3.8) is 0 Å². The highest BCUT2D eigenvalue weighted by Crippen LogP contribution is 2.30. The number of aromatic carboxylic acids is 1. The van der Waals surface area contributed by atoms with Gasteiger partial charge in [0.2, 0.25) is 0 Å². The van der Waals surface area contributed by atoms with Crippen molar-refractivity contribution in [3.05, 3.63) is 33.6 Å². The van der Waals surface area contributed by atoms with Crippen LogP contribution in [0.25, 0.3) is 0 Å². The molecule has 0 aromatic heterocycles. The summed E-state index contributed by atoms with van der Waals surface area (Å²) in [5.74, 6) is -2.49. The monoisotopic (exact) mass is 284 g/mol. The molecule has 1 aromatic rings. The Morgan fingerprint density at radius 2 is 2.10 bits per heavy atom. The molecule has 0 radical (unpaired) electrons. The summed E-state index contributed by atoms with van der Waals surface area (Å²) in [7, 11) is 1.62. The van der Waals surface area contributed by atoms with Crippen LogP contribution in [0.4, 0.5) is 15.8 Å². The highest BCUT2D eigenvalue weighted by Gasteiger charge is 2.23. The Morgan fingerprint density at radius 1 is 1.45 bits per heavy atom. The highest BCUT2D eigenvalue weighted by molar-refractivity contribution is 5.90. The third-order valence-electron chi connectivity index (χ3n) is 3.00. The molecule has 0 fully saturated rings. The molecule has 0 saturated heterocycles. The van der Waals surface area contributed by atoms with Crippen molar-refractivity contribution in [2.24, 2.45) is 0 Å². The minimum absolute atomic E-state index is 0.0913. The molecule has 0 atom stereocenters. The smallest absolute Gasteiger partial charge is 0.338 e. The van der Waals surface area contributed by atoms with Crippen molar-refractivity contribution in [2.75, 3.05) is 18.5 Å². The zero-order chi connectivity index (χ0) is 15.3. The van der Waals surface area contributed by atoms with E-state index in [-0.39, 0.29) is 5.69 Å². The van der Waals surface area contributed by atoms with Gasteiger partial charge in [-0.25, -0.2) is 9.18 Å². The van der Waals surface area contributed by atoms with Crippen molar-refractivity contribution in [2.45, 2.75) is 26.2 Å². The summed E-state index contributed by atoms with van der Waals surface area (Å²) in [5.41, 5.74) is -1.00. The first kappa shape index (κ1) is 15.9. The molecule has 1 N–H and O–H groups in total. The number of nitro benzene ring substituents is 1. The molecular formula is C13H17FN2O4. The number of benzene rings is 1. The van der Waals surface area contributed by atoms with Gasteiger partial charge >= 0.3 is 5.97 Å². The lowest BCUT2D eigenvalue weighted by atomic mass is 10.1. The summed E-state index contributed by atoms with van der Waals surface area (Å²) in [4.78, 5) is 22.7. The average Bonchev–Trinajstić information content (AvgIpc) is 2.37. The normalized spacial score (nSPS) is 10.3. The molecule has 0 saturated carbocycles. The zero-order valence-electron chi connectivity index (χ0n) is 11.4.